The maximum Gasteiger partial charge on any atom is 0.355 e. The van der Waals surface area contributed by atoms with Crippen molar-refractivity contribution in [3.05, 3.63) is 60.2 Å². The number of rotatable bonds is 8. The zero-order chi connectivity index (χ0) is 19.4. The fraction of sp³-hybridized carbons (Fsp3) is 0.235. The molecule has 2 aromatic heterocycles. The smallest absolute Gasteiger partial charge is 0.355 e. The Morgan fingerprint density at radius 1 is 1.19 bits per heavy atom. The van der Waals surface area contributed by atoms with Crippen LogP contribution in [-0.2, 0) is 23.5 Å². The first-order chi connectivity index (χ1) is 12.9. The van der Waals surface area contributed by atoms with Gasteiger partial charge in [0.2, 0.25) is 10.0 Å². The van der Waals surface area contributed by atoms with Crippen LogP contribution in [0.15, 0.2) is 53.8 Å². The Labute approximate surface area is 156 Å². The summed E-state index contributed by atoms with van der Waals surface area (Å²) in [5, 5.41) is 17.2. The van der Waals surface area contributed by atoms with Gasteiger partial charge in [-0.15, -0.1) is 0 Å². The summed E-state index contributed by atoms with van der Waals surface area (Å²) in [6.45, 7) is 0.173. The topological polar surface area (TPSA) is 119 Å². The van der Waals surface area contributed by atoms with E-state index < -0.39 is 16.0 Å². The highest BCUT2D eigenvalue weighted by Gasteiger charge is 2.26. The van der Waals surface area contributed by atoms with Gasteiger partial charge in [-0.3, -0.25) is 4.68 Å². The fourth-order valence-electron chi connectivity index (χ4n) is 2.65. The van der Waals surface area contributed by atoms with Crippen LogP contribution in [0.4, 0.5) is 0 Å². The number of carboxylic acids is 1. The van der Waals surface area contributed by atoms with Crippen molar-refractivity contribution in [2.75, 3.05) is 6.54 Å². The monoisotopic (exact) mass is 389 g/mol. The molecule has 0 fully saturated rings. The first kappa shape index (κ1) is 18.8. The molecule has 0 bridgehead atoms. The molecule has 0 aliphatic carbocycles. The Morgan fingerprint density at radius 2 is 1.93 bits per heavy atom. The molecule has 1 aromatic carbocycles. The summed E-state index contributed by atoms with van der Waals surface area (Å²) in [4.78, 5) is 10.9. The van der Waals surface area contributed by atoms with Crippen molar-refractivity contribution in [2.24, 2.45) is 7.05 Å². The van der Waals surface area contributed by atoms with Gasteiger partial charge in [0.05, 0.1) is 18.1 Å². The summed E-state index contributed by atoms with van der Waals surface area (Å²) in [6, 6.07) is 9.67. The van der Waals surface area contributed by atoms with Crippen LogP contribution < -0.4 is 4.72 Å². The lowest BCUT2D eigenvalue weighted by molar-refractivity contribution is 0.0680. The molecule has 0 saturated carbocycles. The molecule has 0 unspecified atom stereocenters. The lowest BCUT2D eigenvalue weighted by Crippen LogP contribution is -2.26. The lowest BCUT2D eigenvalue weighted by atomic mass is 10.2. The third-order valence-corrected chi connectivity index (χ3v) is 5.45. The van der Waals surface area contributed by atoms with E-state index in [0.29, 0.717) is 12.8 Å². The van der Waals surface area contributed by atoms with Crippen molar-refractivity contribution in [2.45, 2.75) is 17.7 Å². The molecule has 2 N–H and O–H groups in total. The first-order valence-electron chi connectivity index (χ1n) is 8.22. The molecule has 0 radical (unpaired) electrons. The standard InChI is InChI=1S/C17H19N5O4S/c1-21-16(17(23)24)15(11-18-21)27(25,26)20-9-5-6-13-10-19-22(12-13)14-7-3-2-4-8-14/h2-4,7-8,10-12,20H,5-6,9H2,1H3,(H,23,24). The van der Waals surface area contributed by atoms with Crippen LogP contribution in [0.25, 0.3) is 5.69 Å². The van der Waals surface area contributed by atoms with E-state index in [4.69, 9.17) is 5.11 Å². The first-order valence-corrected chi connectivity index (χ1v) is 9.71. The van der Waals surface area contributed by atoms with Crippen molar-refractivity contribution in [3.8, 4) is 5.69 Å². The maximum atomic E-state index is 12.3. The molecule has 9 nitrogen and oxygen atoms in total. The molecule has 27 heavy (non-hydrogen) atoms. The second-order valence-corrected chi connectivity index (χ2v) is 7.65. The summed E-state index contributed by atoms with van der Waals surface area (Å²) in [5.41, 5.74) is 1.56. The van der Waals surface area contributed by atoms with Crippen molar-refractivity contribution in [1.29, 1.82) is 0 Å². The van der Waals surface area contributed by atoms with E-state index in [1.807, 2.05) is 36.5 Å². The Morgan fingerprint density at radius 3 is 2.63 bits per heavy atom. The third kappa shape index (κ3) is 4.23. The predicted octanol–water partition coefficient (Wildman–Crippen LogP) is 1.22. The molecule has 0 aliphatic heterocycles. The van der Waals surface area contributed by atoms with Crippen molar-refractivity contribution < 1.29 is 18.3 Å². The predicted molar refractivity (Wildman–Crippen MR) is 97.2 cm³/mol. The van der Waals surface area contributed by atoms with E-state index in [1.54, 1.807) is 10.9 Å². The van der Waals surface area contributed by atoms with Crippen LogP contribution in [0.2, 0.25) is 0 Å². The van der Waals surface area contributed by atoms with Gasteiger partial charge in [0.25, 0.3) is 0 Å². The molecule has 10 heteroatoms. The number of sulfonamides is 1. The Balaban J connectivity index is 1.58. The van der Waals surface area contributed by atoms with Crippen molar-refractivity contribution >= 4 is 16.0 Å². The van der Waals surface area contributed by atoms with E-state index in [-0.39, 0.29) is 17.1 Å². The maximum absolute atomic E-state index is 12.3. The molecule has 3 aromatic rings. The number of carbonyl (C=O) groups is 1. The average molecular weight is 389 g/mol. The summed E-state index contributed by atoms with van der Waals surface area (Å²) in [5.74, 6) is -1.34. The molecule has 0 amide bonds. The number of hydrogen-bond acceptors (Lipinski definition) is 5. The van der Waals surface area contributed by atoms with Crippen LogP contribution in [0.1, 0.15) is 22.5 Å². The number of aromatic nitrogens is 4. The van der Waals surface area contributed by atoms with E-state index in [9.17, 15) is 13.2 Å². The molecule has 0 spiro atoms. The van der Waals surface area contributed by atoms with Crippen LogP contribution >= 0.6 is 0 Å². The quantitative estimate of drug-likeness (QED) is 0.559. The highest BCUT2D eigenvalue weighted by atomic mass is 32.2. The van der Waals surface area contributed by atoms with Gasteiger partial charge in [0.15, 0.2) is 5.69 Å². The minimum Gasteiger partial charge on any atom is -0.476 e. The average Bonchev–Trinajstić information content (AvgIpc) is 3.26. The van der Waals surface area contributed by atoms with Gasteiger partial charge in [0, 0.05) is 19.8 Å². The van der Waals surface area contributed by atoms with Crippen LogP contribution in [0, 0.1) is 0 Å². The lowest BCUT2D eigenvalue weighted by Gasteiger charge is -2.06. The van der Waals surface area contributed by atoms with E-state index >= 15 is 0 Å². The SMILES string of the molecule is Cn1ncc(S(=O)(=O)NCCCc2cnn(-c3ccccc3)c2)c1C(=O)O. The molecule has 0 saturated heterocycles. The van der Waals surface area contributed by atoms with Crippen LogP contribution in [0.5, 0.6) is 0 Å². The number of carboxylic acid groups (broad SMARTS) is 1. The zero-order valence-corrected chi connectivity index (χ0v) is 15.4. The van der Waals surface area contributed by atoms with Crippen LogP contribution in [-0.4, -0.2) is 45.6 Å². The molecule has 3 rings (SSSR count). The molecule has 142 valence electrons. The van der Waals surface area contributed by atoms with Crippen LogP contribution in [0.3, 0.4) is 0 Å². The zero-order valence-electron chi connectivity index (χ0n) is 14.6. The Hall–Kier alpha value is -2.98. The molecular formula is C17H19N5O4S. The molecular weight excluding hydrogens is 370 g/mol. The summed E-state index contributed by atoms with van der Waals surface area (Å²) in [7, 11) is -2.56. The highest BCUT2D eigenvalue weighted by Crippen LogP contribution is 2.14. The fourth-order valence-corrected chi connectivity index (χ4v) is 3.87. The minimum atomic E-state index is -3.94. The molecule has 0 atom stereocenters. The van der Waals surface area contributed by atoms with Gasteiger partial charge in [-0.05, 0) is 30.5 Å². The van der Waals surface area contributed by atoms with Gasteiger partial charge >= 0.3 is 5.97 Å². The molecule has 0 aliphatic rings. The second-order valence-electron chi connectivity index (χ2n) is 5.92. The summed E-state index contributed by atoms with van der Waals surface area (Å²) in [6.07, 6.45) is 5.85. The number of aryl methyl sites for hydroxylation is 2. The minimum absolute atomic E-state index is 0.173. The van der Waals surface area contributed by atoms with Gasteiger partial charge in [0.1, 0.15) is 4.90 Å². The van der Waals surface area contributed by atoms with E-state index in [2.05, 4.69) is 14.9 Å². The number of nitrogens with zero attached hydrogens (tertiary/aromatic N) is 4. The normalized spacial score (nSPS) is 11.6. The summed E-state index contributed by atoms with van der Waals surface area (Å²) < 4.78 is 29.9. The second kappa shape index (κ2) is 7.72. The van der Waals surface area contributed by atoms with Gasteiger partial charge in [-0.1, -0.05) is 18.2 Å². The largest absolute Gasteiger partial charge is 0.476 e. The van der Waals surface area contributed by atoms with E-state index in [0.717, 1.165) is 22.1 Å². The molecule has 2 heterocycles. The van der Waals surface area contributed by atoms with Crippen molar-refractivity contribution in [3.63, 3.8) is 0 Å². The Kier molecular flexibility index (Phi) is 5.38. The number of hydrogen-bond donors (Lipinski definition) is 2. The van der Waals surface area contributed by atoms with Gasteiger partial charge in [-0.25, -0.2) is 22.6 Å². The van der Waals surface area contributed by atoms with Gasteiger partial charge in [-0.2, -0.15) is 10.2 Å². The number of benzene rings is 1. The number of para-hydroxylation sites is 1. The highest BCUT2D eigenvalue weighted by molar-refractivity contribution is 7.89. The third-order valence-electron chi connectivity index (χ3n) is 3.99. The number of aromatic carboxylic acids is 1. The Bertz CT molecular complexity index is 1040. The summed E-state index contributed by atoms with van der Waals surface area (Å²) >= 11 is 0. The van der Waals surface area contributed by atoms with E-state index in [1.165, 1.54) is 7.05 Å². The van der Waals surface area contributed by atoms with Crippen molar-refractivity contribution in [1.82, 2.24) is 24.3 Å². The van der Waals surface area contributed by atoms with Gasteiger partial charge < -0.3 is 5.11 Å². The number of nitrogens with one attached hydrogen (secondary N) is 1.